The number of hydrogen-bond donors (Lipinski definition) is 0. The number of para-hydroxylation sites is 1. The summed E-state index contributed by atoms with van der Waals surface area (Å²) in [6.07, 6.45) is 5.38. The lowest BCUT2D eigenvalue weighted by Crippen LogP contribution is -2.41. The van der Waals surface area contributed by atoms with E-state index in [1.165, 1.54) is 11.8 Å². The summed E-state index contributed by atoms with van der Waals surface area (Å²) < 4.78 is 13.0. The number of aromatic nitrogens is 2. The van der Waals surface area contributed by atoms with Gasteiger partial charge in [0.05, 0.1) is 28.8 Å². The van der Waals surface area contributed by atoms with Crippen LogP contribution in [0.25, 0.3) is 23.0 Å². The molecule has 0 aliphatic carbocycles. The number of ether oxygens (including phenoxy) is 2. The molecule has 1 saturated heterocycles. The van der Waals surface area contributed by atoms with Gasteiger partial charge in [-0.25, -0.2) is 4.68 Å². The summed E-state index contributed by atoms with van der Waals surface area (Å²) >= 11 is 7.61. The third kappa shape index (κ3) is 6.74. The zero-order valence-electron chi connectivity index (χ0n) is 24.2. The summed E-state index contributed by atoms with van der Waals surface area (Å²) in [7, 11) is 0. The summed E-state index contributed by atoms with van der Waals surface area (Å²) in [5.41, 5.74) is 4.20. The van der Waals surface area contributed by atoms with Gasteiger partial charge >= 0.3 is 5.97 Å². The standard InChI is InChI=1S/C34H31ClN4O4S/c1-2-42-33(41)24-10-8-18-38(20-24)34-36-32(40)30(44-34)19-26-21-39(27-11-4-3-5-12-27)37-31(26)23-14-16-28(17-15-23)43-22-25-9-6-7-13-29(25)35/h3-7,9,11-17,19,21,24H,2,8,10,18,20,22H2,1H3/b30-19-. The van der Waals surface area contributed by atoms with Crippen molar-refractivity contribution in [1.82, 2.24) is 14.7 Å². The van der Waals surface area contributed by atoms with Crippen LogP contribution >= 0.6 is 23.4 Å². The van der Waals surface area contributed by atoms with Crippen molar-refractivity contribution in [2.75, 3.05) is 19.7 Å². The molecule has 3 aromatic carbocycles. The number of carbonyl (C=O) groups excluding carboxylic acids is 2. The monoisotopic (exact) mass is 626 g/mol. The van der Waals surface area contributed by atoms with E-state index < -0.39 is 0 Å². The molecule has 0 saturated carbocycles. The van der Waals surface area contributed by atoms with Gasteiger partial charge in [-0.3, -0.25) is 9.59 Å². The summed E-state index contributed by atoms with van der Waals surface area (Å²) in [6, 6.07) is 25.1. The smallest absolute Gasteiger partial charge is 0.310 e. The fourth-order valence-corrected chi connectivity index (χ4v) is 6.32. The molecule has 1 atom stereocenters. The van der Waals surface area contributed by atoms with E-state index in [-0.39, 0.29) is 17.8 Å². The molecule has 3 heterocycles. The summed E-state index contributed by atoms with van der Waals surface area (Å²) in [6.45, 7) is 3.76. The highest BCUT2D eigenvalue weighted by atomic mass is 35.5. The molecule has 2 aliphatic rings. The molecule has 10 heteroatoms. The quantitative estimate of drug-likeness (QED) is 0.153. The third-order valence-electron chi connectivity index (χ3n) is 7.45. The number of carbonyl (C=O) groups is 2. The minimum atomic E-state index is -0.301. The van der Waals surface area contributed by atoms with Crippen LogP contribution in [0.1, 0.15) is 30.9 Å². The molecule has 0 bridgehead atoms. The van der Waals surface area contributed by atoms with Crippen LogP contribution in [0, 0.1) is 5.92 Å². The van der Waals surface area contributed by atoms with E-state index in [4.69, 9.17) is 26.2 Å². The lowest BCUT2D eigenvalue weighted by molar-refractivity contribution is -0.149. The molecule has 4 aromatic rings. The number of likely N-dealkylation sites (tertiary alicyclic amines) is 1. The predicted octanol–water partition coefficient (Wildman–Crippen LogP) is 7.02. The zero-order chi connectivity index (χ0) is 30.5. The SMILES string of the molecule is CCOC(=O)C1CCCN(C2=NC(=O)/C(=C/c3cn(-c4ccccc4)nc3-c3ccc(OCc4ccccc4Cl)cc3)S2)C1. The molecular formula is C34H31ClN4O4S. The van der Waals surface area contributed by atoms with Gasteiger partial charge in [-0.15, -0.1) is 0 Å². The number of aliphatic imine (C=N–C) groups is 1. The van der Waals surface area contributed by atoms with Crippen LogP contribution in [0.15, 0.2) is 95.0 Å². The predicted molar refractivity (Wildman–Crippen MR) is 174 cm³/mol. The maximum atomic E-state index is 13.1. The molecule has 8 nitrogen and oxygen atoms in total. The van der Waals surface area contributed by atoms with Crippen LogP contribution in [0.3, 0.4) is 0 Å². The van der Waals surface area contributed by atoms with E-state index in [1.54, 1.807) is 0 Å². The number of hydrogen-bond acceptors (Lipinski definition) is 7. The van der Waals surface area contributed by atoms with Crippen molar-refractivity contribution >= 4 is 46.5 Å². The second-order valence-corrected chi connectivity index (χ2v) is 11.9. The average Bonchev–Trinajstić information content (AvgIpc) is 3.65. The first-order chi connectivity index (χ1) is 21.5. The molecule has 1 fully saturated rings. The topological polar surface area (TPSA) is 86.0 Å². The van der Waals surface area contributed by atoms with Crippen molar-refractivity contribution in [2.24, 2.45) is 10.9 Å². The Morgan fingerprint density at radius 3 is 2.61 bits per heavy atom. The lowest BCUT2D eigenvalue weighted by atomic mass is 9.99. The first-order valence-electron chi connectivity index (χ1n) is 14.5. The summed E-state index contributed by atoms with van der Waals surface area (Å²) in [5.74, 6) is -0.00751. The second kappa shape index (κ2) is 13.5. The minimum Gasteiger partial charge on any atom is -0.489 e. The molecular weight excluding hydrogens is 596 g/mol. The maximum absolute atomic E-state index is 13.1. The number of esters is 1. The van der Waals surface area contributed by atoms with Crippen molar-refractivity contribution in [3.05, 3.63) is 106 Å². The normalized spacial score (nSPS) is 17.5. The van der Waals surface area contributed by atoms with Gasteiger partial charge in [0.2, 0.25) is 0 Å². The molecule has 44 heavy (non-hydrogen) atoms. The van der Waals surface area contributed by atoms with E-state index in [1.807, 2.05) is 108 Å². The molecule has 1 aromatic heterocycles. The Labute approximate surface area is 265 Å². The van der Waals surface area contributed by atoms with Crippen molar-refractivity contribution < 1.29 is 19.1 Å². The Balaban J connectivity index is 1.24. The molecule has 0 N–H and O–H groups in total. The van der Waals surface area contributed by atoms with Gasteiger partial charge < -0.3 is 14.4 Å². The molecule has 2 aliphatic heterocycles. The minimum absolute atomic E-state index is 0.193. The van der Waals surface area contributed by atoms with E-state index in [9.17, 15) is 9.59 Å². The van der Waals surface area contributed by atoms with Crippen LogP contribution in [0.4, 0.5) is 0 Å². The number of rotatable bonds is 8. The number of amidine groups is 1. The van der Waals surface area contributed by atoms with E-state index in [0.717, 1.165) is 47.5 Å². The van der Waals surface area contributed by atoms with Gasteiger partial charge in [0, 0.05) is 41.0 Å². The largest absolute Gasteiger partial charge is 0.489 e. The molecule has 0 radical (unpaired) electrons. The van der Waals surface area contributed by atoms with Crippen LogP contribution in [0.5, 0.6) is 5.75 Å². The first-order valence-corrected chi connectivity index (χ1v) is 15.7. The lowest BCUT2D eigenvalue weighted by Gasteiger charge is -2.32. The van der Waals surface area contributed by atoms with Gasteiger partial charge in [-0.2, -0.15) is 10.1 Å². The van der Waals surface area contributed by atoms with Crippen molar-refractivity contribution in [2.45, 2.75) is 26.4 Å². The number of nitrogens with zero attached hydrogens (tertiary/aromatic N) is 4. The summed E-state index contributed by atoms with van der Waals surface area (Å²) in [4.78, 5) is 32.3. The van der Waals surface area contributed by atoms with Crippen molar-refractivity contribution in [3.63, 3.8) is 0 Å². The fraction of sp³-hybridized carbons (Fsp3) is 0.235. The highest BCUT2D eigenvalue weighted by Crippen LogP contribution is 2.35. The number of piperidine rings is 1. The molecule has 1 amide bonds. The highest BCUT2D eigenvalue weighted by Gasteiger charge is 2.33. The Hall–Kier alpha value is -4.34. The highest BCUT2D eigenvalue weighted by molar-refractivity contribution is 8.18. The molecule has 224 valence electrons. The Morgan fingerprint density at radius 2 is 1.84 bits per heavy atom. The average molecular weight is 627 g/mol. The van der Waals surface area contributed by atoms with E-state index in [0.29, 0.717) is 40.6 Å². The van der Waals surface area contributed by atoms with Gasteiger partial charge in [-0.05, 0) is 80.1 Å². The maximum Gasteiger partial charge on any atom is 0.310 e. The third-order valence-corrected chi connectivity index (χ3v) is 8.86. The number of amides is 1. The second-order valence-electron chi connectivity index (χ2n) is 10.5. The number of halogens is 1. The van der Waals surface area contributed by atoms with Gasteiger partial charge in [0.25, 0.3) is 5.91 Å². The zero-order valence-corrected chi connectivity index (χ0v) is 25.8. The fourth-order valence-electron chi connectivity index (χ4n) is 5.19. The van der Waals surface area contributed by atoms with Crippen molar-refractivity contribution in [1.29, 1.82) is 0 Å². The van der Waals surface area contributed by atoms with Crippen molar-refractivity contribution in [3.8, 4) is 22.7 Å². The number of thioether (sulfide) groups is 1. The molecule has 1 unspecified atom stereocenters. The Kier molecular flexibility index (Phi) is 9.14. The molecule has 0 spiro atoms. The van der Waals surface area contributed by atoms with Crippen LogP contribution in [-0.4, -0.2) is 51.4 Å². The molecule has 6 rings (SSSR count). The van der Waals surface area contributed by atoms with Crippen LogP contribution in [0.2, 0.25) is 5.02 Å². The number of benzene rings is 3. The summed E-state index contributed by atoms with van der Waals surface area (Å²) in [5, 5.41) is 6.19. The van der Waals surface area contributed by atoms with Crippen LogP contribution in [-0.2, 0) is 20.9 Å². The Bertz CT molecular complexity index is 1720. The van der Waals surface area contributed by atoms with Gasteiger partial charge in [-0.1, -0.05) is 48.0 Å². The van der Waals surface area contributed by atoms with E-state index >= 15 is 0 Å². The first kappa shape index (κ1) is 29.7. The van der Waals surface area contributed by atoms with Gasteiger partial charge in [0.1, 0.15) is 12.4 Å². The van der Waals surface area contributed by atoms with E-state index in [2.05, 4.69) is 4.99 Å². The van der Waals surface area contributed by atoms with Crippen LogP contribution < -0.4 is 4.74 Å². The van der Waals surface area contributed by atoms with Gasteiger partial charge in [0.15, 0.2) is 5.17 Å². The Morgan fingerprint density at radius 1 is 1.07 bits per heavy atom.